The summed E-state index contributed by atoms with van der Waals surface area (Å²) in [7, 11) is 0. The standard InChI is InChI=1S/C46H87NO4/c1-3-5-7-9-11-13-15-16-17-18-19-20-21-22-23-24-25-26-27-28-30-31-33-35-37-39-43(49)41-46(51)47-44(42-48)45(50)40-38-36-34-32-29-14-12-10-8-6-4-2/h8,10,29,32,38,40,43-45,48-50H,3-7,9,11-28,30-31,33-37,39,41-42H2,1-2H3,(H,47,51)/b10-8+,32-29+,40-38+. The van der Waals surface area contributed by atoms with E-state index in [1.54, 1.807) is 6.08 Å². The molecule has 0 aliphatic heterocycles. The van der Waals surface area contributed by atoms with E-state index in [2.05, 4.69) is 43.5 Å². The lowest BCUT2D eigenvalue weighted by Crippen LogP contribution is -2.45. The summed E-state index contributed by atoms with van der Waals surface area (Å²) in [6.45, 7) is 4.13. The maximum absolute atomic E-state index is 12.4. The molecule has 0 radical (unpaired) electrons. The fraction of sp³-hybridized carbons (Fsp3) is 0.848. The van der Waals surface area contributed by atoms with Crippen LogP contribution in [0.5, 0.6) is 0 Å². The Morgan fingerprint density at radius 2 is 0.843 bits per heavy atom. The lowest BCUT2D eigenvalue weighted by molar-refractivity contribution is -0.124. The van der Waals surface area contributed by atoms with Gasteiger partial charge < -0.3 is 20.6 Å². The minimum Gasteiger partial charge on any atom is -0.394 e. The zero-order valence-corrected chi connectivity index (χ0v) is 34.0. The molecule has 0 spiro atoms. The van der Waals surface area contributed by atoms with Crippen molar-refractivity contribution < 1.29 is 20.1 Å². The van der Waals surface area contributed by atoms with Gasteiger partial charge in [-0.15, -0.1) is 0 Å². The van der Waals surface area contributed by atoms with Crippen molar-refractivity contribution in [2.24, 2.45) is 0 Å². The van der Waals surface area contributed by atoms with Crippen molar-refractivity contribution in [1.29, 1.82) is 0 Å². The summed E-state index contributed by atoms with van der Waals surface area (Å²) in [5.74, 6) is -0.329. The van der Waals surface area contributed by atoms with Crippen LogP contribution >= 0.6 is 0 Å². The van der Waals surface area contributed by atoms with E-state index in [9.17, 15) is 20.1 Å². The lowest BCUT2D eigenvalue weighted by Gasteiger charge is -2.21. The van der Waals surface area contributed by atoms with Crippen molar-refractivity contribution in [3.63, 3.8) is 0 Å². The fourth-order valence-electron chi connectivity index (χ4n) is 6.73. The molecular weight excluding hydrogens is 631 g/mol. The average molecular weight is 718 g/mol. The Morgan fingerprint density at radius 1 is 0.490 bits per heavy atom. The molecule has 5 heteroatoms. The first-order valence-electron chi connectivity index (χ1n) is 22.3. The van der Waals surface area contributed by atoms with Crippen molar-refractivity contribution in [2.75, 3.05) is 6.61 Å². The van der Waals surface area contributed by atoms with Gasteiger partial charge in [0.15, 0.2) is 0 Å². The monoisotopic (exact) mass is 718 g/mol. The molecule has 0 heterocycles. The van der Waals surface area contributed by atoms with Crippen LogP contribution in [0.4, 0.5) is 0 Å². The molecule has 0 aliphatic carbocycles. The van der Waals surface area contributed by atoms with Gasteiger partial charge >= 0.3 is 0 Å². The summed E-state index contributed by atoms with van der Waals surface area (Å²) in [5.41, 5.74) is 0. The Labute approximate surface area is 317 Å². The highest BCUT2D eigenvalue weighted by Gasteiger charge is 2.20. The first-order chi connectivity index (χ1) is 25.0. The molecule has 0 aliphatic rings. The molecule has 1 amide bonds. The van der Waals surface area contributed by atoms with E-state index in [1.165, 1.54) is 154 Å². The Morgan fingerprint density at radius 3 is 1.22 bits per heavy atom. The lowest BCUT2D eigenvalue weighted by atomic mass is 10.0. The molecule has 0 bridgehead atoms. The van der Waals surface area contributed by atoms with Crippen LogP contribution in [0.15, 0.2) is 36.5 Å². The number of rotatable bonds is 40. The minimum absolute atomic E-state index is 0.00472. The molecule has 4 N–H and O–H groups in total. The van der Waals surface area contributed by atoms with Crippen molar-refractivity contribution in [3.05, 3.63) is 36.5 Å². The summed E-state index contributed by atoms with van der Waals surface area (Å²) in [6, 6.07) is -0.764. The zero-order chi connectivity index (χ0) is 37.3. The zero-order valence-electron chi connectivity index (χ0n) is 34.0. The van der Waals surface area contributed by atoms with Crippen LogP contribution in [0, 0.1) is 0 Å². The fourth-order valence-corrected chi connectivity index (χ4v) is 6.73. The highest BCUT2D eigenvalue weighted by molar-refractivity contribution is 5.76. The highest BCUT2D eigenvalue weighted by atomic mass is 16.3. The quantitative estimate of drug-likeness (QED) is 0.0375. The van der Waals surface area contributed by atoms with Crippen molar-refractivity contribution >= 4 is 5.91 Å². The number of allylic oxidation sites excluding steroid dienone is 5. The predicted octanol–water partition coefficient (Wildman–Crippen LogP) is 12.8. The van der Waals surface area contributed by atoms with E-state index in [0.717, 1.165) is 44.9 Å². The van der Waals surface area contributed by atoms with E-state index in [4.69, 9.17) is 0 Å². The van der Waals surface area contributed by atoms with Crippen molar-refractivity contribution in [2.45, 2.75) is 244 Å². The summed E-state index contributed by atoms with van der Waals surface area (Å²) < 4.78 is 0. The summed E-state index contributed by atoms with van der Waals surface area (Å²) in [5, 5.41) is 33.1. The Bertz CT molecular complexity index is 794. The van der Waals surface area contributed by atoms with Crippen molar-refractivity contribution in [1.82, 2.24) is 5.32 Å². The van der Waals surface area contributed by atoms with Gasteiger partial charge in [0.2, 0.25) is 5.91 Å². The topological polar surface area (TPSA) is 89.8 Å². The molecular formula is C46H87NO4. The van der Waals surface area contributed by atoms with Crippen LogP contribution in [-0.2, 0) is 4.79 Å². The number of unbranched alkanes of at least 4 members (excludes halogenated alkanes) is 27. The van der Waals surface area contributed by atoms with E-state index in [0.29, 0.717) is 6.42 Å². The molecule has 0 fully saturated rings. The number of carbonyl (C=O) groups is 1. The Kier molecular flexibility index (Phi) is 40.2. The predicted molar refractivity (Wildman–Crippen MR) is 222 cm³/mol. The van der Waals surface area contributed by atoms with Gasteiger partial charge in [0.1, 0.15) is 0 Å². The van der Waals surface area contributed by atoms with Gasteiger partial charge in [0.05, 0.1) is 31.3 Å². The largest absolute Gasteiger partial charge is 0.394 e. The van der Waals surface area contributed by atoms with Crippen LogP contribution in [0.3, 0.4) is 0 Å². The van der Waals surface area contributed by atoms with Gasteiger partial charge in [-0.1, -0.05) is 217 Å². The van der Waals surface area contributed by atoms with Gasteiger partial charge in [0.25, 0.3) is 0 Å². The molecule has 3 unspecified atom stereocenters. The smallest absolute Gasteiger partial charge is 0.222 e. The van der Waals surface area contributed by atoms with Gasteiger partial charge in [-0.25, -0.2) is 0 Å². The Balaban J connectivity index is 3.57. The molecule has 300 valence electrons. The number of carbonyl (C=O) groups excluding carboxylic acids is 1. The van der Waals surface area contributed by atoms with Crippen molar-refractivity contribution in [3.8, 4) is 0 Å². The normalized spacial score (nSPS) is 13.9. The maximum atomic E-state index is 12.4. The number of nitrogens with one attached hydrogen (secondary N) is 1. The van der Waals surface area contributed by atoms with E-state index in [-0.39, 0.29) is 18.9 Å². The molecule has 0 aromatic heterocycles. The summed E-state index contributed by atoms with van der Waals surface area (Å²) >= 11 is 0. The first-order valence-corrected chi connectivity index (χ1v) is 22.3. The molecule has 0 aromatic rings. The van der Waals surface area contributed by atoms with E-state index >= 15 is 0 Å². The van der Waals surface area contributed by atoms with E-state index in [1.807, 2.05) is 6.08 Å². The maximum Gasteiger partial charge on any atom is 0.222 e. The molecule has 0 aromatic carbocycles. The van der Waals surface area contributed by atoms with Crippen LogP contribution < -0.4 is 5.32 Å². The number of aliphatic hydroxyl groups is 3. The van der Waals surface area contributed by atoms with Gasteiger partial charge in [-0.2, -0.15) is 0 Å². The van der Waals surface area contributed by atoms with Crippen LogP contribution in [0.25, 0.3) is 0 Å². The van der Waals surface area contributed by atoms with E-state index < -0.39 is 18.2 Å². The molecule has 0 saturated carbocycles. The van der Waals surface area contributed by atoms with Crippen LogP contribution in [0.2, 0.25) is 0 Å². The third kappa shape index (κ3) is 38.1. The third-order valence-electron chi connectivity index (χ3n) is 10.1. The summed E-state index contributed by atoms with van der Waals surface area (Å²) in [4.78, 5) is 12.4. The first kappa shape index (κ1) is 49.6. The summed E-state index contributed by atoms with van der Waals surface area (Å²) in [6.07, 6.45) is 51.7. The second-order valence-corrected chi connectivity index (χ2v) is 15.3. The Hall–Kier alpha value is -1.43. The highest BCUT2D eigenvalue weighted by Crippen LogP contribution is 2.16. The second-order valence-electron chi connectivity index (χ2n) is 15.3. The molecule has 0 rings (SSSR count). The van der Waals surface area contributed by atoms with Crippen LogP contribution in [-0.4, -0.2) is 46.1 Å². The minimum atomic E-state index is -0.956. The molecule has 0 saturated heterocycles. The molecule has 51 heavy (non-hydrogen) atoms. The third-order valence-corrected chi connectivity index (χ3v) is 10.1. The van der Waals surface area contributed by atoms with Crippen LogP contribution in [0.1, 0.15) is 226 Å². The molecule has 3 atom stereocenters. The average Bonchev–Trinajstić information content (AvgIpc) is 3.12. The SMILES string of the molecule is CCC/C=C/CC/C=C/CC/C=C/C(O)C(CO)NC(=O)CC(O)CCCCCCCCCCCCCCCCCCCCCCCCCCC. The number of aliphatic hydroxyl groups excluding tert-OH is 3. The number of amides is 1. The van der Waals surface area contributed by atoms with Gasteiger partial charge in [0, 0.05) is 0 Å². The number of hydrogen-bond donors (Lipinski definition) is 4. The number of hydrogen-bond acceptors (Lipinski definition) is 4. The van der Waals surface area contributed by atoms with Gasteiger partial charge in [-0.3, -0.25) is 4.79 Å². The van der Waals surface area contributed by atoms with Gasteiger partial charge in [-0.05, 0) is 38.5 Å². The second kappa shape index (κ2) is 41.3. The molecule has 5 nitrogen and oxygen atoms in total.